The first-order chi connectivity index (χ1) is 5.16. The van der Waals surface area contributed by atoms with Gasteiger partial charge in [0.1, 0.15) is 6.61 Å². The van der Waals surface area contributed by atoms with Gasteiger partial charge in [-0.25, -0.2) is 4.79 Å². The van der Waals surface area contributed by atoms with Gasteiger partial charge < -0.3 is 19.7 Å². The van der Waals surface area contributed by atoms with Gasteiger partial charge >= 0.3 is 5.97 Å². The van der Waals surface area contributed by atoms with Gasteiger partial charge in [0.15, 0.2) is 0 Å². The molecule has 62 valence electrons. The third kappa shape index (κ3) is 6.53. The number of rotatable bonds is 4. The van der Waals surface area contributed by atoms with Gasteiger partial charge in [-0.15, -0.1) is 0 Å². The zero-order valence-corrected chi connectivity index (χ0v) is 5.65. The number of carboxylic acids is 1. The molecule has 0 aliphatic heterocycles. The molecule has 0 aromatic heterocycles. The van der Waals surface area contributed by atoms with E-state index in [2.05, 4.69) is 4.74 Å². The lowest BCUT2D eigenvalue weighted by molar-refractivity contribution is -0.297. The monoisotopic (exact) mass is 159 g/mol. The van der Waals surface area contributed by atoms with Crippen LogP contribution in [0.3, 0.4) is 0 Å². The van der Waals surface area contributed by atoms with E-state index in [-0.39, 0.29) is 13.2 Å². The highest BCUT2D eigenvalue weighted by molar-refractivity contribution is 5.89. The number of carbonyl (C=O) groups excluding carboxylic acids is 2. The molecule has 0 aliphatic rings. The summed E-state index contributed by atoms with van der Waals surface area (Å²) in [6.45, 7) is -0.429. The highest BCUT2D eigenvalue weighted by Gasteiger charge is 1.93. The van der Waals surface area contributed by atoms with Crippen molar-refractivity contribution in [1.82, 2.24) is 0 Å². The number of ether oxygens (including phenoxy) is 1. The molecule has 5 nitrogen and oxygen atoms in total. The standard InChI is InChI=1S/C6H8O5/c7-3-4-11-6(10)2-1-5(8)9/h1-2,7H,3-4H2,(H,8,9)/p-1/b2-1-. The summed E-state index contributed by atoms with van der Waals surface area (Å²) in [5.74, 6) is -2.28. The fourth-order valence-corrected chi connectivity index (χ4v) is 0.330. The van der Waals surface area contributed by atoms with E-state index in [4.69, 9.17) is 5.11 Å². The normalized spacial score (nSPS) is 9.91. The van der Waals surface area contributed by atoms with Crippen LogP contribution in [-0.4, -0.2) is 30.3 Å². The minimum atomic E-state index is -1.47. The molecule has 0 bridgehead atoms. The minimum absolute atomic E-state index is 0.143. The molecule has 0 saturated carbocycles. The largest absolute Gasteiger partial charge is 0.545 e. The number of carbonyl (C=O) groups is 2. The van der Waals surface area contributed by atoms with Crippen molar-refractivity contribution in [2.75, 3.05) is 13.2 Å². The Morgan fingerprint density at radius 1 is 1.45 bits per heavy atom. The van der Waals surface area contributed by atoms with Crippen molar-refractivity contribution >= 4 is 11.9 Å². The minimum Gasteiger partial charge on any atom is -0.545 e. The van der Waals surface area contributed by atoms with Crippen molar-refractivity contribution in [3.05, 3.63) is 12.2 Å². The highest BCUT2D eigenvalue weighted by atomic mass is 16.5. The van der Waals surface area contributed by atoms with Gasteiger partial charge in [-0.2, -0.15) is 0 Å². The predicted molar refractivity (Wildman–Crippen MR) is 32.2 cm³/mol. The van der Waals surface area contributed by atoms with Crippen molar-refractivity contribution in [1.29, 1.82) is 0 Å². The summed E-state index contributed by atoms with van der Waals surface area (Å²) in [4.78, 5) is 20.1. The molecule has 5 heteroatoms. The smallest absolute Gasteiger partial charge is 0.330 e. The van der Waals surface area contributed by atoms with Crippen LogP contribution in [0.25, 0.3) is 0 Å². The zero-order chi connectivity index (χ0) is 8.69. The van der Waals surface area contributed by atoms with Gasteiger partial charge in [-0.3, -0.25) is 0 Å². The van der Waals surface area contributed by atoms with Crippen LogP contribution in [0.2, 0.25) is 0 Å². The van der Waals surface area contributed by atoms with E-state index in [0.717, 1.165) is 0 Å². The van der Waals surface area contributed by atoms with E-state index in [1.165, 1.54) is 0 Å². The molecule has 0 spiro atoms. The first-order valence-corrected chi connectivity index (χ1v) is 2.83. The van der Waals surface area contributed by atoms with Gasteiger partial charge in [0.05, 0.1) is 12.6 Å². The van der Waals surface area contributed by atoms with Crippen LogP contribution in [-0.2, 0) is 14.3 Å². The Balaban J connectivity index is 3.60. The SMILES string of the molecule is O=C([O-])/C=C\C(=O)OCCO. The second kappa shape index (κ2) is 5.43. The topological polar surface area (TPSA) is 86.7 Å². The molecule has 11 heavy (non-hydrogen) atoms. The lowest BCUT2D eigenvalue weighted by Gasteiger charge is -1.96. The summed E-state index contributed by atoms with van der Waals surface area (Å²) >= 11 is 0. The van der Waals surface area contributed by atoms with Gasteiger partial charge in [-0.1, -0.05) is 0 Å². The molecule has 0 atom stereocenters. The molecule has 0 radical (unpaired) electrons. The number of aliphatic carboxylic acids is 1. The first kappa shape index (κ1) is 9.64. The van der Waals surface area contributed by atoms with E-state index in [1.807, 2.05) is 0 Å². The fourth-order valence-electron chi connectivity index (χ4n) is 0.330. The molecule has 0 aromatic carbocycles. The summed E-state index contributed by atoms with van der Waals surface area (Å²) in [6, 6.07) is 0. The predicted octanol–water partition coefficient (Wildman–Crippen LogP) is -2.17. The molecule has 0 heterocycles. The summed E-state index contributed by atoms with van der Waals surface area (Å²) < 4.78 is 4.27. The third-order valence-electron chi connectivity index (χ3n) is 0.691. The van der Waals surface area contributed by atoms with E-state index in [9.17, 15) is 14.7 Å². The quantitative estimate of drug-likeness (QED) is 0.372. The van der Waals surface area contributed by atoms with Crippen molar-refractivity contribution in [3.63, 3.8) is 0 Å². The van der Waals surface area contributed by atoms with Crippen LogP contribution in [0.4, 0.5) is 0 Å². The Morgan fingerprint density at radius 2 is 2.09 bits per heavy atom. The van der Waals surface area contributed by atoms with Gasteiger partial charge in [0.2, 0.25) is 0 Å². The summed E-state index contributed by atoms with van der Waals surface area (Å²) in [5.41, 5.74) is 0. The van der Waals surface area contributed by atoms with Crippen molar-refractivity contribution in [3.8, 4) is 0 Å². The molecule has 0 rings (SSSR count). The maximum Gasteiger partial charge on any atom is 0.330 e. The molecular formula is C6H7O5-. The van der Waals surface area contributed by atoms with E-state index >= 15 is 0 Å². The number of hydrogen-bond donors (Lipinski definition) is 1. The van der Waals surface area contributed by atoms with Crippen LogP contribution in [0, 0.1) is 0 Å². The lowest BCUT2D eigenvalue weighted by Crippen LogP contribution is -2.19. The molecule has 0 unspecified atom stereocenters. The summed E-state index contributed by atoms with van der Waals surface area (Å²) in [5, 5.41) is 17.9. The molecular weight excluding hydrogens is 152 g/mol. The highest BCUT2D eigenvalue weighted by Crippen LogP contribution is 1.79. The Morgan fingerprint density at radius 3 is 2.55 bits per heavy atom. The van der Waals surface area contributed by atoms with Gasteiger partial charge in [-0.05, 0) is 6.08 Å². The molecule has 0 fully saturated rings. The fraction of sp³-hybridized carbons (Fsp3) is 0.333. The van der Waals surface area contributed by atoms with Crippen LogP contribution in [0.15, 0.2) is 12.2 Å². The molecule has 0 saturated heterocycles. The van der Waals surface area contributed by atoms with E-state index < -0.39 is 11.9 Å². The number of aliphatic hydroxyl groups is 1. The Labute approximate surface area is 62.9 Å². The molecule has 0 amide bonds. The average Bonchev–Trinajstić information content (AvgIpc) is 1.97. The maximum absolute atomic E-state index is 10.4. The van der Waals surface area contributed by atoms with Crippen molar-refractivity contribution in [2.24, 2.45) is 0 Å². The second-order valence-electron chi connectivity index (χ2n) is 1.54. The maximum atomic E-state index is 10.4. The molecule has 0 aromatic rings. The van der Waals surface area contributed by atoms with Crippen molar-refractivity contribution in [2.45, 2.75) is 0 Å². The van der Waals surface area contributed by atoms with Crippen LogP contribution < -0.4 is 5.11 Å². The van der Waals surface area contributed by atoms with Gasteiger partial charge in [0.25, 0.3) is 0 Å². The van der Waals surface area contributed by atoms with Gasteiger partial charge in [0, 0.05) is 6.08 Å². The number of carboxylic acid groups (broad SMARTS) is 1. The van der Waals surface area contributed by atoms with E-state index in [1.54, 1.807) is 0 Å². The molecule has 1 N–H and O–H groups in total. The Bertz CT molecular complexity index is 172. The first-order valence-electron chi connectivity index (χ1n) is 2.83. The second-order valence-corrected chi connectivity index (χ2v) is 1.54. The summed E-state index contributed by atoms with van der Waals surface area (Å²) in [6.07, 6.45) is 1.27. The average molecular weight is 159 g/mol. The molecule has 0 aliphatic carbocycles. The Kier molecular flexibility index (Phi) is 4.76. The third-order valence-corrected chi connectivity index (χ3v) is 0.691. The van der Waals surface area contributed by atoms with Crippen LogP contribution in [0.5, 0.6) is 0 Å². The number of aliphatic hydroxyl groups excluding tert-OH is 1. The number of hydrogen-bond acceptors (Lipinski definition) is 5. The van der Waals surface area contributed by atoms with Crippen LogP contribution >= 0.6 is 0 Å². The van der Waals surface area contributed by atoms with Crippen LogP contribution in [0.1, 0.15) is 0 Å². The lowest BCUT2D eigenvalue weighted by atomic mass is 10.5. The zero-order valence-electron chi connectivity index (χ0n) is 5.65. The van der Waals surface area contributed by atoms with Crippen molar-refractivity contribution < 1.29 is 24.5 Å². The number of esters is 1. The Hall–Kier alpha value is -1.36. The van der Waals surface area contributed by atoms with E-state index in [0.29, 0.717) is 12.2 Å². The summed E-state index contributed by atoms with van der Waals surface area (Å²) in [7, 11) is 0.